The van der Waals surface area contributed by atoms with E-state index >= 15 is 0 Å². The number of nitrogens with zero attached hydrogens (tertiary/aromatic N) is 1. The maximum atomic E-state index is 6.47. The molecule has 2 nitrogen and oxygen atoms in total. The molecule has 2 aliphatic rings. The van der Waals surface area contributed by atoms with E-state index in [-0.39, 0.29) is 0 Å². The molecule has 2 fully saturated rings. The van der Waals surface area contributed by atoms with E-state index in [1.807, 2.05) is 0 Å². The fourth-order valence-corrected chi connectivity index (χ4v) is 5.56. The highest BCUT2D eigenvalue weighted by atomic mass is 16.5. The monoisotopic (exact) mass is 364 g/mol. The minimum atomic E-state index is 0.474. The number of ether oxygens (including phenoxy) is 1. The minimum Gasteiger partial charge on any atom is -0.373 e. The van der Waals surface area contributed by atoms with E-state index in [2.05, 4.69) is 74.8 Å². The predicted octanol–water partition coefficient (Wildman–Crippen LogP) is 5.08. The van der Waals surface area contributed by atoms with Gasteiger partial charge >= 0.3 is 0 Å². The van der Waals surface area contributed by atoms with Crippen molar-refractivity contribution in [1.29, 1.82) is 0 Å². The van der Waals surface area contributed by atoms with Crippen molar-refractivity contribution in [3.63, 3.8) is 0 Å². The fraction of sp³-hybridized carbons (Fsp3) is 0.520. The molecule has 0 aliphatic heterocycles. The summed E-state index contributed by atoms with van der Waals surface area (Å²) in [6.07, 6.45) is 7.00. The third-order valence-corrected chi connectivity index (χ3v) is 7.02. The fourth-order valence-electron chi connectivity index (χ4n) is 5.56. The quantitative estimate of drug-likeness (QED) is 0.594. The molecule has 4 rings (SSSR count). The molecule has 2 heteroatoms. The van der Waals surface area contributed by atoms with Crippen LogP contribution in [0.2, 0.25) is 0 Å². The van der Waals surface area contributed by atoms with Gasteiger partial charge in [-0.25, -0.2) is 0 Å². The van der Waals surface area contributed by atoms with Crippen LogP contribution in [-0.2, 0) is 17.8 Å². The van der Waals surface area contributed by atoms with Crippen molar-refractivity contribution in [2.24, 2.45) is 11.8 Å². The van der Waals surface area contributed by atoms with Gasteiger partial charge in [-0.15, -0.1) is 0 Å². The third-order valence-electron chi connectivity index (χ3n) is 7.02. The summed E-state index contributed by atoms with van der Waals surface area (Å²) in [7, 11) is 4.90. The zero-order chi connectivity index (χ0) is 18.7. The van der Waals surface area contributed by atoms with E-state index in [0.29, 0.717) is 6.10 Å². The maximum Gasteiger partial charge on any atom is 0.0943 e. The van der Waals surface area contributed by atoms with Gasteiger partial charge in [-0.05, 0) is 36.3 Å². The van der Waals surface area contributed by atoms with E-state index < -0.39 is 0 Å². The highest BCUT2D eigenvalue weighted by Crippen LogP contribution is 2.50. The number of fused-ring (bicyclic) bond motifs is 2. The second-order valence-electron chi connectivity index (χ2n) is 9.16. The molecule has 0 aromatic heterocycles. The Morgan fingerprint density at radius 3 is 2.26 bits per heavy atom. The Hall–Kier alpha value is -1.64. The first kappa shape index (κ1) is 18.7. The summed E-state index contributed by atoms with van der Waals surface area (Å²) < 4.78 is 7.62. The van der Waals surface area contributed by atoms with E-state index in [4.69, 9.17) is 4.74 Å². The standard InChI is InChI=1S/C25H34NO/c1-26(2,17-9-14-20-10-5-3-6-11-20)24-18-22-15-16-23(24)25(22)27-19-21-12-7-4-8-13-21/h3-8,10-13,22-25H,9,14-19H2,1-2H3/q+1. The molecular weight excluding hydrogens is 330 g/mol. The second-order valence-corrected chi connectivity index (χ2v) is 9.16. The SMILES string of the molecule is C[N+](C)(CCCc1ccccc1)C1CC2CCC1C2OCc1ccccc1. The topological polar surface area (TPSA) is 9.23 Å². The van der Waals surface area contributed by atoms with E-state index in [1.165, 1.54) is 49.8 Å². The summed E-state index contributed by atoms with van der Waals surface area (Å²) in [5.41, 5.74) is 2.77. The third kappa shape index (κ3) is 4.28. The molecule has 0 heterocycles. The smallest absolute Gasteiger partial charge is 0.0943 e. The lowest BCUT2D eigenvalue weighted by atomic mass is 9.92. The van der Waals surface area contributed by atoms with Gasteiger partial charge in [0.1, 0.15) is 0 Å². The van der Waals surface area contributed by atoms with Crippen LogP contribution in [0.5, 0.6) is 0 Å². The average Bonchev–Trinajstić information content (AvgIpc) is 3.25. The highest BCUT2D eigenvalue weighted by Gasteiger charge is 2.54. The van der Waals surface area contributed by atoms with Crippen LogP contribution in [0, 0.1) is 11.8 Å². The van der Waals surface area contributed by atoms with E-state index in [1.54, 1.807) is 0 Å². The molecule has 27 heavy (non-hydrogen) atoms. The molecule has 144 valence electrons. The van der Waals surface area contributed by atoms with Gasteiger partial charge in [-0.1, -0.05) is 60.7 Å². The summed E-state index contributed by atoms with van der Waals surface area (Å²) in [5, 5.41) is 0. The van der Waals surface area contributed by atoms with Crippen molar-refractivity contribution >= 4 is 0 Å². The molecule has 0 saturated heterocycles. The Balaban J connectivity index is 1.32. The number of benzene rings is 2. The summed E-state index contributed by atoms with van der Waals surface area (Å²) in [6, 6.07) is 22.3. The molecule has 0 spiro atoms. The Morgan fingerprint density at radius 2 is 1.56 bits per heavy atom. The lowest BCUT2D eigenvalue weighted by Gasteiger charge is -2.40. The number of rotatable bonds is 8. The van der Waals surface area contributed by atoms with Crippen LogP contribution in [0.1, 0.15) is 36.8 Å². The van der Waals surface area contributed by atoms with Crippen LogP contribution in [0.4, 0.5) is 0 Å². The lowest BCUT2D eigenvalue weighted by molar-refractivity contribution is -0.918. The second kappa shape index (κ2) is 8.16. The van der Waals surface area contributed by atoms with Crippen LogP contribution in [0.3, 0.4) is 0 Å². The Bertz CT molecular complexity index is 712. The molecule has 0 amide bonds. The summed E-state index contributed by atoms with van der Waals surface area (Å²) >= 11 is 0. The molecule has 4 unspecified atom stereocenters. The van der Waals surface area contributed by atoms with Crippen LogP contribution in [0.15, 0.2) is 60.7 Å². The zero-order valence-electron chi connectivity index (χ0n) is 16.9. The van der Waals surface area contributed by atoms with Crippen LogP contribution < -0.4 is 0 Å². The highest BCUT2D eigenvalue weighted by molar-refractivity contribution is 5.15. The largest absolute Gasteiger partial charge is 0.373 e. The van der Waals surface area contributed by atoms with Crippen molar-refractivity contribution in [1.82, 2.24) is 0 Å². The first-order valence-corrected chi connectivity index (χ1v) is 10.7. The van der Waals surface area contributed by atoms with Crippen LogP contribution in [-0.4, -0.2) is 37.3 Å². The molecular formula is C25H34NO+. The zero-order valence-corrected chi connectivity index (χ0v) is 16.9. The van der Waals surface area contributed by atoms with Crippen molar-refractivity contribution < 1.29 is 9.22 Å². The van der Waals surface area contributed by atoms with E-state index in [0.717, 1.165) is 29.0 Å². The number of quaternary nitrogens is 1. The number of hydrogen-bond donors (Lipinski definition) is 0. The van der Waals surface area contributed by atoms with Crippen molar-refractivity contribution in [2.45, 2.75) is 50.9 Å². The van der Waals surface area contributed by atoms with Crippen LogP contribution in [0.25, 0.3) is 0 Å². The summed E-state index contributed by atoms with van der Waals surface area (Å²) in [4.78, 5) is 0. The normalized spacial score (nSPS) is 27.2. The molecule has 0 radical (unpaired) electrons. The first-order chi connectivity index (χ1) is 13.1. The van der Waals surface area contributed by atoms with Crippen LogP contribution >= 0.6 is 0 Å². The Morgan fingerprint density at radius 1 is 0.889 bits per heavy atom. The van der Waals surface area contributed by atoms with Gasteiger partial charge in [0.15, 0.2) is 0 Å². The lowest BCUT2D eigenvalue weighted by Crippen LogP contribution is -2.52. The maximum absolute atomic E-state index is 6.47. The molecule has 0 N–H and O–H groups in total. The molecule has 2 aliphatic carbocycles. The van der Waals surface area contributed by atoms with Gasteiger partial charge in [-0.3, -0.25) is 0 Å². The molecule has 2 aromatic rings. The van der Waals surface area contributed by atoms with E-state index in [9.17, 15) is 0 Å². The molecule has 2 aromatic carbocycles. The molecule has 2 saturated carbocycles. The van der Waals surface area contributed by atoms with Gasteiger partial charge in [0.25, 0.3) is 0 Å². The number of aryl methyl sites for hydroxylation is 1. The molecule has 2 bridgehead atoms. The van der Waals surface area contributed by atoms with Gasteiger partial charge in [-0.2, -0.15) is 0 Å². The Labute approximate surface area is 164 Å². The predicted molar refractivity (Wildman–Crippen MR) is 111 cm³/mol. The van der Waals surface area contributed by atoms with Gasteiger partial charge in [0.05, 0.1) is 39.4 Å². The Kier molecular flexibility index (Phi) is 5.66. The summed E-state index contributed by atoms with van der Waals surface area (Å²) in [6.45, 7) is 2.03. The van der Waals surface area contributed by atoms with Crippen molar-refractivity contribution in [3.05, 3.63) is 71.8 Å². The minimum absolute atomic E-state index is 0.474. The van der Waals surface area contributed by atoms with Gasteiger partial charge in [0.2, 0.25) is 0 Å². The van der Waals surface area contributed by atoms with Crippen molar-refractivity contribution in [2.75, 3.05) is 20.6 Å². The van der Waals surface area contributed by atoms with Gasteiger partial charge < -0.3 is 9.22 Å². The van der Waals surface area contributed by atoms with Crippen molar-refractivity contribution in [3.8, 4) is 0 Å². The number of hydrogen-bond acceptors (Lipinski definition) is 1. The van der Waals surface area contributed by atoms with Gasteiger partial charge in [0, 0.05) is 18.8 Å². The first-order valence-electron chi connectivity index (χ1n) is 10.7. The molecule has 4 atom stereocenters. The average molecular weight is 365 g/mol. The summed E-state index contributed by atoms with van der Waals surface area (Å²) in [5.74, 6) is 1.51.